The predicted octanol–water partition coefficient (Wildman–Crippen LogP) is 2.10. The first kappa shape index (κ1) is 15.4. The van der Waals surface area contributed by atoms with Crippen molar-refractivity contribution in [3.63, 3.8) is 0 Å². The number of hydrogen-bond donors (Lipinski definition) is 0. The van der Waals surface area contributed by atoms with Crippen LogP contribution in [0.2, 0.25) is 0 Å². The van der Waals surface area contributed by atoms with Crippen LogP contribution in [0.4, 0.5) is 0 Å². The third kappa shape index (κ3) is 3.01. The van der Waals surface area contributed by atoms with Crippen molar-refractivity contribution in [2.24, 2.45) is 5.16 Å². The summed E-state index contributed by atoms with van der Waals surface area (Å²) in [4.78, 5) is 5.15. The predicted molar refractivity (Wildman–Crippen MR) is 82.3 cm³/mol. The first-order chi connectivity index (χ1) is 10.4. The van der Waals surface area contributed by atoms with Gasteiger partial charge in [-0.1, -0.05) is 11.2 Å². The van der Waals surface area contributed by atoms with Crippen molar-refractivity contribution in [3.8, 4) is 11.5 Å². The van der Waals surface area contributed by atoms with Gasteiger partial charge in [-0.15, -0.1) is 11.6 Å². The molecule has 0 aliphatic carbocycles. The minimum Gasteiger partial charge on any atom is -0.486 e. The highest BCUT2D eigenvalue weighted by Gasteiger charge is 2.39. The summed E-state index contributed by atoms with van der Waals surface area (Å²) in [5.74, 6) is 1.21. The SMILES string of the molecule is CC1(CCl)CC(S(=O)(=O)Cc2ccc3c(c2)OCCO3)=NO1. The van der Waals surface area contributed by atoms with Gasteiger partial charge in [0.25, 0.3) is 0 Å². The fourth-order valence-corrected chi connectivity index (χ4v) is 3.87. The normalized spacial score (nSPS) is 23.8. The number of hydrogen-bond acceptors (Lipinski definition) is 6. The average Bonchev–Trinajstić information content (AvgIpc) is 2.91. The summed E-state index contributed by atoms with van der Waals surface area (Å²) in [7, 11) is -3.55. The van der Waals surface area contributed by atoms with Crippen LogP contribution in [0.3, 0.4) is 0 Å². The van der Waals surface area contributed by atoms with Crippen molar-refractivity contribution < 1.29 is 22.7 Å². The summed E-state index contributed by atoms with van der Waals surface area (Å²) >= 11 is 5.78. The quantitative estimate of drug-likeness (QED) is 0.784. The van der Waals surface area contributed by atoms with E-state index in [4.69, 9.17) is 25.9 Å². The molecule has 8 heteroatoms. The molecule has 0 saturated carbocycles. The highest BCUT2D eigenvalue weighted by atomic mass is 35.5. The molecule has 0 saturated heterocycles. The second kappa shape index (κ2) is 5.62. The average molecular weight is 346 g/mol. The summed E-state index contributed by atoms with van der Waals surface area (Å²) in [5.41, 5.74) is -0.136. The van der Waals surface area contributed by atoms with Gasteiger partial charge in [-0.05, 0) is 24.6 Å². The highest BCUT2D eigenvalue weighted by Crippen LogP contribution is 2.32. The molecule has 6 nitrogen and oxygen atoms in total. The summed E-state index contributed by atoms with van der Waals surface area (Å²) < 4.78 is 35.8. The van der Waals surface area contributed by atoms with Crippen LogP contribution in [-0.4, -0.2) is 38.2 Å². The van der Waals surface area contributed by atoms with Crippen LogP contribution in [0.1, 0.15) is 18.9 Å². The molecule has 120 valence electrons. The van der Waals surface area contributed by atoms with E-state index in [0.29, 0.717) is 30.3 Å². The van der Waals surface area contributed by atoms with Gasteiger partial charge in [-0.3, -0.25) is 0 Å². The fraction of sp³-hybridized carbons (Fsp3) is 0.500. The van der Waals surface area contributed by atoms with Gasteiger partial charge < -0.3 is 14.3 Å². The molecule has 0 fully saturated rings. The van der Waals surface area contributed by atoms with Crippen molar-refractivity contribution in [3.05, 3.63) is 23.8 Å². The lowest BCUT2D eigenvalue weighted by atomic mass is 10.1. The molecule has 0 spiro atoms. The van der Waals surface area contributed by atoms with E-state index in [2.05, 4.69) is 5.16 Å². The minimum absolute atomic E-state index is 0.0329. The van der Waals surface area contributed by atoms with Crippen LogP contribution in [-0.2, 0) is 20.4 Å². The van der Waals surface area contributed by atoms with Gasteiger partial charge in [-0.2, -0.15) is 0 Å². The van der Waals surface area contributed by atoms with E-state index >= 15 is 0 Å². The number of rotatable bonds is 3. The number of sulfone groups is 1. The Labute approximate surface area is 133 Å². The van der Waals surface area contributed by atoms with E-state index in [9.17, 15) is 8.42 Å². The smallest absolute Gasteiger partial charge is 0.199 e. The van der Waals surface area contributed by atoms with Gasteiger partial charge in [0.2, 0.25) is 0 Å². The molecule has 0 aromatic heterocycles. The molecule has 0 amide bonds. The van der Waals surface area contributed by atoms with E-state index < -0.39 is 15.4 Å². The van der Waals surface area contributed by atoms with Crippen LogP contribution >= 0.6 is 11.6 Å². The Balaban J connectivity index is 1.78. The monoisotopic (exact) mass is 345 g/mol. The number of oxime groups is 1. The first-order valence-electron chi connectivity index (χ1n) is 6.84. The van der Waals surface area contributed by atoms with E-state index in [1.165, 1.54) is 0 Å². The van der Waals surface area contributed by atoms with E-state index in [-0.39, 0.29) is 23.1 Å². The zero-order chi connectivity index (χ0) is 15.8. The van der Waals surface area contributed by atoms with Crippen LogP contribution < -0.4 is 9.47 Å². The number of benzene rings is 1. The lowest BCUT2D eigenvalue weighted by Gasteiger charge is -2.19. The van der Waals surface area contributed by atoms with Crippen molar-refractivity contribution in [2.45, 2.75) is 24.7 Å². The van der Waals surface area contributed by atoms with Crippen molar-refractivity contribution in [1.29, 1.82) is 0 Å². The first-order valence-corrected chi connectivity index (χ1v) is 9.03. The number of halogens is 1. The minimum atomic E-state index is -3.55. The van der Waals surface area contributed by atoms with Crippen LogP contribution in [0.5, 0.6) is 11.5 Å². The van der Waals surface area contributed by atoms with Gasteiger partial charge in [0.05, 0.1) is 11.6 Å². The molecule has 1 unspecified atom stereocenters. The zero-order valence-corrected chi connectivity index (χ0v) is 13.6. The van der Waals surface area contributed by atoms with Crippen molar-refractivity contribution in [2.75, 3.05) is 19.1 Å². The summed E-state index contributed by atoms with van der Waals surface area (Å²) in [6, 6.07) is 5.11. The standard InChI is InChI=1S/C14H16ClNO5S/c1-14(9-15)7-13(16-21-14)22(17,18)8-10-2-3-11-12(6-10)20-5-4-19-11/h2-3,6H,4-5,7-9H2,1H3. The van der Waals surface area contributed by atoms with Gasteiger partial charge in [0, 0.05) is 6.42 Å². The lowest BCUT2D eigenvalue weighted by molar-refractivity contribution is 0.0152. The maximum atomic E-state index is 12.4. The number of fused-ring (bicyclic) bond motifs is 1. The maximum absolute atomic E-state index is 12.4. The molecule has 0 bridgehead atoms. The molecule has 2 aliphatic rings. The van der Waals surface area contributed by atoms with Crippen LogP contribution in [0, 0.1) is 0 Å². The Morgan fingerprint density at radius 1 is 1.27 bits per heavy atom. The Kier molecular flexibility index (Phi) is 3.94. The Bertz CT molecular complexity index is 718. The maximum Gasteiger partial charge on any atom is 0.199 e. The lowest BCUT2D eigenvalue weighted by Crippen LogP contribution is -2.28. The Hall–Kier alpha value is -1.47. The van der Waals surface area contributed by atoms with Gasteiger partial charge in [0.15, 0.2) is 32.0 Å². The molecule has 2 aliphatic heterocycles. The van der Waals surface area contributed by atoms with E-state index in [1.807, 2.05) is 0 Å². The van der Waals surface area contributed by atoms with Gasteiger partial charge in [0.1, 0.15) is 13.2 Å². The third-order valence-corrected chi connectivity index (χ3v) is 5.71. The fourth-order valence-electron chi connectivity index (χ4n) is 2.26. The van der Waals surface area contributed by atoms with Gasteiger partial charge in [-0.25, -0.2) is 8.42 Å². The van der Waals surface area contributed by atoms with Crippen LogP contribution in [0.25, 0.3) is 0 Å². The topological polar surface area (TPSA) is 74.2 Å². The third-order valence-electron chi connectivity index (χ3n) is 3.50. The molecule has 0 N–H and O–H groups in total. The largest absolute Gasteiger partial charge is 0.486 e. The Morgan fingerprint density at radius 3 is 2.68 bits per heavy atom. The zero-order valence-electron chi connectivity index (χ0n) is 12.0. The number of nitrogens with zero attached hydrogens (tertiary/aromatic N) is 1. The molecule has 0 radical (unpaired) electrons. The highest BCUT2D eigenvalue weighted by molar-refractivity contribution is 8.05. The van der Waals surface area contributed by atoms with E-state index in [1.54, 1.807) is 25.1 Å². The van der Waals surface area contributed by atoms with E-state index in [0.717, 1.165) is 0 Å². The molecule has 22 heavy (non-hydrogen) atoms. The number of ether oxygens (including phenoxy) is 2. The molecular weight excluding hydrogens is 330 g/mol. The number of alkyl halides is 1. The summed E-state index contributed by atoms with van der Waals surface area (Å²) in [6.07, 6.45) is 0.184. The molecule has 2 heterocycles. The second-order valence-corrected chi connectivity index (χ2v) is 7.83. The Morgan fingerprint density at radius 2 is 2.00 bits per heavy atom. The molecule has 3 rings (SSSR count). The van der Waals surface area contributed by atoms with Crippen molar-refractivity contribution >= 4 is 26.5 Å². The summed E-state index contributed by atoms with van der Waals surface area (Å²) in [6.45, 7) is 2.68. The summed E-state index contributed by atoms with van der Waals surface area (Å²) in [5, 5.41) is 3.74. The molecule has 1 atom stereocenters. The molecule has 1 aromatic carbocycles. The van der Waals surface area contributed by atoms with Crippen molar-refractivity contribution in [1.82, 2.24) is 0 Å². The molecule has 1 aromatic rings. The molecular formula is C14H16ClNO5S. The van der Waals surface area contributed by atoms with Crippen LogP contribution in [0.15, 0.2) is 23.4 Å². The second-order valence-electron chi connectivity index (χ2n) is 5.57. The van der Waals surface area contributed by atoms with Gasteiger partial charge >= 0.3 is 0 Å².